The molecule has 0 aliphatic rings. The third-order valence-electron chi connectivity index (χ3n) is 2.35. The second-order valence-corrected chi connectivity index (χ2v) is 6.05. The average molecular weight is 294 g/mol. The SMILES string of the molecule is CC(C)Oc1ccc(NCCNC(=O)OC(C)(C)C)cc1. The van der Waals surface area contributed by atoms with Gasteiger partial charge in [0.05, 0.1) is 6.10 Å². The number of hydrogen-bond acceptors (Lipinski definition) is 4. The van der Waals surface area contributed by atoms with Crippen molar-refractivity contribution in [2.75, 3.05) is 18.4 Å². The number of carbonyl (C=O) groups is 1. The Kier molecular flexibility index (Phi) is 6.34. The maximum Gasteiger partial charge on any atom is 0.407 e. The Bertz CT molecular complexity index is 436. The third kappa shape index (κ3) is 8.07. The number of carbonyl (C=O) groups excluding carboxylic acids is 1. The normalized spacial score (nSPS) is 11.1. The summed E-state index contributed by atoms with van der Waals surface area (Å²) in [5.74, 6) is 0.849. The molecule has 5 heteroatoms. The lowest BCUT2D eigenvalue weighted by Gasteiger charge is -2.19. The van der Waals surface area contributed by atoms with Crippen molar-refractivity contribution in [1.82, 2.24) is 5.32 Å². The van der Waals surface area contributed by atoms with E-state index >= 15 is 0 Å². The third-order valence-corrected chi connectivity index (χ3v) is 2.35. The van der Waals surface area contributed by atoms with Crippen LogP contribution in [-0.2, 0) is 4.74 Å². The van der Waals surface area contributed by atoms with E-state index in [1.165, 1.54) is 0 Å². The second-order valence-electron chi connectivity index (χ2n) is 6.05. The Morgan fingerprint density at radius 1 is 1.14 bits per heavy atom. The predicted octanol–water partition coefficient (Wildman–Crippen LogP) is 3.41. The molecule has 0 saturated heterocycles. The van der Waals surface area contributed by atoms with Gasteiger partial charge in [0.2, 0.25) is 0 Å². The highest BCUT2D eigenvalue weighted by molar-refractivity contribution is 5.67. The van der Waals surface area contributed by atoms with Gasteiger partial charge in [-0.15, -0.1) is 0 Å². The highest BCUT2D eigenvalue weighted by Gasteiger charge is 2.15. The first kappa shape index (κ1) is 17.1. The molecule has 21 heavy (non-hydrogen) atoms. The van der Waals surface area contributed by atoms with Gasteiger partial charge in [-0.3, -0.25) is 0 Å². The number of ether oxygens (including phenoxy) is 2. The molecule has 0 aromatic heterocycles. The number of amides is 1. The van der Waals surface area contributed by atoms with Gasteiger partial charge in [0.1, 0.15) is 11.4 Å². The van der Waals surface area contributed by atoms with E-state index in [1.54, 1.807) is 0 Å². The molecule has 0 aliphatic carbocycles. The Morgan fingerprint density at radius 2 is 1.76 bits per heavy atom. The van der Waals surface area contributed by atoms with Crippen LogP contribution in [0.15, 0.2) is 24.3 Å². The molecule has 0 heterocycles. The van der Waals surface area contributed by atoms with Crippen molar-refractivity contribution in [2.45, 2.75) is 46.3 Å². The van der Waals surface area contributed by atoms with Crippen molar-refractivity contribution in [3.63, 3.8) is 0 Å². The van der Waals surface area contributed by atoms with Gasteiger partial charge in [0, 0.05) is 18.8 Å². The number of anilines is 1. The van der Waals surface area contributed by atoms with Crippen LogP contribution in [0, 0.1) is 0 Å². The molecule has 0 bridgehead atoms. The molecule has 0 unspecified atom stereocenters. The van der Waals surface area contributed by atoms with Gasteiger partial charge in [-0.1, -0.05) is 0 Å². The quantitative estimate of drug-likeness (QED) is 0.789. The molecule has 5 nitrogen and oxygen atoms in total. The van der Waals surface area contributed by atoms with Gasteiger partial charge in [-0.05, 0) is 58.9 Å². The van der Waals surface area contributed by atoms with Crippen LogP contribution in [0.4, 0.5) is 10.5 Å². The van der Waals surface area contributed by atoms with Crippen LogP contribution in [0.5, 0.6) is 5.75 Å². The van der Waals surface area contributed by atoms with Gasteiger partial charge in [-0.2, -0.15) is 0 Å². The standard InChI is InChI=1S/C16H26N2O3/c1-12(2)20-14-8-6-13(7-9-14)17-10-11-18-15(19)21-16(3,4)5/h6-9,12,17H,10-11H2,1-5H3,(H,18,19). The van der Waals surface area contributed by atoms with Crippen LogP contribution >= 0.6 is 0 Å². The molecule has 1 aromatic rings. The average Bonchev–Trinajstić information content (AvgIpc) is 2.34. The maximum absolute atomic E-state index is 11.4. The van der Waals surface area contributed by atoms with Crippen molar-refractivity contribution in [1.29, 1.82) is 0 Å². The lowest BCUT2D eigenvalue weighted by Crippen LogP contribution is -2.34. The van der Waals surface area contributed by atoms with Crippen LogP contribution in [0.3, 0.4) is 0 Å². The summed E-state index contributed by atoms with van der Waals surface area (Å²) in [6.07, 6.45) is -0.230. The fourth-order valence-corrected chi connectivity index (χ4v) is 1.61. The molecule has 2 N–H and O–H groups in total. The van der Waals surface area contributed by atoms with Gasteiger partial charge in [-0.25, -0.2) is 4.79 Å². The summed E-state index contributed by atoms with van der Waals surface area (Å²) < 4.78 is 10.7. The van der Waals surface area contributed by atoms with E-state index in [1.807, 2.05) is 58.9 Å². The first-order chi connectivity index (χ1) is 9.76. The molecule has 0 radical (unpaired) electrons. The molecule has 118 valence electrons. The zero-order valence-electron chi connectivity index (χ0n) is 13.5. The first-order valence-corrected chi connectivity index (χ1v) is 7.24. The molecule has 0 fully saturated rings. The van der Waals surface area contributed by atoms with Crippen LogP contribution in [-0.4, -0.2) is 30.9 Å². The van der Waals surface area contributed by atoms with Crippen LogP contribution in [0.1, 0.15) is 34.6 Å². The van der Waals surface area contributed by atoms with Crippen LogP contribution < -0.4 is 15.4 Å². The summed E-state index contributed by atoms with van der Waals surface area (Å²) in [5.41, 5.74) is 0.515. The highest BCUT2D eigenvalue weighted by atomic mass is 16.6. The molecule has 1 rings (SSSR count). The number of alkyl carbamates (subject to hydrolysis) is 1. The van der Waals surface area contributed by atoms with Gasteiger partial charge < -0.3 is 20.1 Å². The Labute approximate surface area is 127 Å². The van der Waals surface area contributed by atoms with E-state index in [9.17, 15) is 4.79 Å². The topological polar surface area (TPSA) is 59.6 Å². The van der Waals surface area contributed by atoms with Gasteiger partial charge in [0.15, 0.2) is 0 Å². The first-order valence-electron chi connectivity index (χ1n) is 7.24. The molecule has 0 spiro atoms. The van der Waals surface area contributed by atoms with E-state index in [2.05, 4.69) is 10.6 Å². The number of benzene rings is 1. The van der Waals surface area contributed by atoms with Crippen molar-refractivity contribution in [3.05, 3.63) is 24.3 Å². The smallest absolute Gasteiger partial charge is 0.407 e. The monoisotopic (exact) mass is 294 g/mol. The van der Waals surface area contributed by atoms with Gasteiger partial charge >= 0.3 is 6.09 Å². The number of nitrogens with one attached hydrogen (secondary N) is 2. The van der Waals surface area contributed by atoms with Crippen molar-refractivity contribution in [3.8, 4) is 5.75 Å². The lowest BCUT2D eigenvalue weighted by molar-refractivity contribution is 0.0530. The zero-order valence-corrected chi connectivity index (χ0v) is 13.5. The summed E-state index contributed by atoms with van der Waals surface area (Å²) in [7, 11) is 0. The Morgan fingerprint density at radius 3 is 2.29 bits per heavy atom. The van der Waals surface area contributed by atoms with E-state index in [0.717, 1.165) is 11.4 Å². The summed E-state index contributed by atoms with van der Waals surface area (Å²) >= 11 is 0. The van der Waals surface area contributed by atoms with Gasteiger partial charge in [0.25, 0.3) is 0 Å². The van der Waals surface area contributed by atoms with Crippen molar-refractivity contribution < 1.29 is 14.3 Å². The van der Waals surface area contributed by atoms with E-state index in [4.69, 9.17) is 9.47 Å². The second kappa shape index (κ2) is 7.76. The lowest BCUT2D eigenvalue weighted by atomic mass is 10.2. The summed E-state index contributed by atoms with van der Waals surface area (Å²) in [6, 6.07) is 7.74. The Hall–Kier alpha value is -1.91. The number of rotatable bonds is 6. The summed E-state index contributed by atoms with van der Waals surface area (Å²) in [5, 5.41) is 5.92. The minimum Gasteiger partial charge on any atom is -0.491 e. The summed E-state index contributed by atoms with van der Waals surface area (Å²) in [4.78, 5) is 11.4. The summed E-state index contributed by atoms with van der Waals surface area (Å²) in [6.45, 7) is 10.6. The van der Waals surface area contributed by atoms with Crippen molar-refractivity contribution in [2.24, 2.45) is 0 Å². The fraction of sp³-hybridized carbons (Fsp3) is 0.562. The highest BCUT2D eigenvalue weighted by Crippen LogP contribution is 2.16. The van der Waals surface area contributed by atoms with Crippen LogP contribution in [0.2, 0.25) is 0 Å². The van der Waals surface area contributed by atoms with Crippen LogP contribution in [0.25, 0.3) is 0 Å². The minimum absolute atomic E-state index is 0.168. The molecule has 0 atom stereocenters. The minimum atomic E-state index is -0.468. The maximum atomic E-state index is 11.4. The number of hydrogen-bond donors (Lipinski definition) is 2. The van der Waals surface area contributed by atoms with E-state index in [-0.39, 0.29) is 6.10 Å². The fourth-order valence-electron chi connectivity index (χ4n) is 1.61. The molecule has 0 saturated carbocycles. The van der Waals surface area contributed by atoms with E-state index in [0.29, 0.717) is 13.1 Å². The molecular formula is C16H26N2O3. The predicted molar refractivity (Wildman–Crippen MR) is 84.9 cm³/mol. The Balaban J connectivity index is 2.25. The van der Waals surface area contributed by atoms with E-state index < -0.39 is 11.7 Å². The molecule has 1 aromatic carbocycles. The van der Waals surface area contributed by atoms with Crippen molar-refractivity contribution >= 4 is 11.8 Å². The molecular weight excluding hydrogens is 268 g/mol. The zero-order chi connectivity index (χ0) is 15.9. The largest absolute Gasteiger partial charge is 0.491 e. The molecule has 1 amide bonds. The molecule has 0 aliphatic heterocycles.